The molecule has 1 heterocycles. The molecule has 1 aromatic heterocycles. The van der Waals surface area contributed by atoms with Gasteiger partial charge in [-0.3, -0.25) is 10.1 Å². The number of nitrogens with zero attached hydrogens (tertiary/aromatic N) is 4. The Balaban J connectivity index is 1.48. The van der Waals surface area contributed by atoms with E-state index in [-0.39, 0.29) is 5.75 Å². The van der Waals surface area contributed by atoms with E-state index in [9.17, 15) is 9.59 Å². The van der Waals surface area contributed by atoms with E-state index in [0.717, 1.165) is 24.0 Å². The van der Waals surface area contributed by atoms with E-state index in [1.54, 1.807) is 10.7 Å². The summed E-state index contributed by atoms with van der Waals surface area (Å²) < 4.78 is 1.73. The maximum absolute atomic E-state index is 11.9. The van der Waals surface area contributed by atoms with Crippen molar-refractivity contribution in [2.75, 3.05) is 11.1 Å². The smallest absolute Gasteiger partial charge is 0.308 e. The first-order valence-electron chi connectivity index (χ1n) is 7.61. The van der Waals surface area contributed by atoms with Gasteiger partial charge in [0, 0.05) is 5.69 Å². The highest BCUT2D eigenvalue weighted by molar-refractivity contribution is 7.99. The Morgan fingerprint density at radius 1 is 1.29 bits per heavy atom. The summed E-state index contributed by atoms with van der Waals surface area (Å²) in [4.78, 5) is 23.8. The highest BCUT2D eigenvalue weighted by atomic mass is 32.2. The van der Waals surface area contributed by atoms with Gasteiger partial charge in [0.05, 0.1) is 11.8 Å². The van der Waals surface area contributed by atoms with Crippen molar-refractivity contribution in [2.45, 2.75) is 37.9 Å². The predicted molar refractivity (Wildman–Crippen MR) is 89.9 cm³/mol. The molecule has 0 radical (unpaired) electrons. The molecular weight excluding hydrogens is 328 g/mol. The van der Waals surface area contributed by atoms with Crippen molar-refractivity contribution in [3.8, 4) is 0 Å². The standard InChI is InChI=1S/C15H18N6O2S/c1-9-3-4-11(7-10(9)2)16-14(23)17-13(22)8-24-15-18-19-20-21(15)12-5-6-12/h3-4,7,12H,5-6,8H2,1-2H3,(H2,16,17,22,23). The van der Waals surface area contributed by atoms with Crippen LogP contribution in [0.4, 0.5) is 10.5 Å². The molecule has 0 spiro atoms. The minimum atomic E-state index is -0.550. The average Bonchev–Trinajstić information content (AvgIpc) is 3.27. The van der Waals surface area contributed by atoms with Gasteiger partial charge in [-0.05, 0) is 60.4 Å². The highest BCUT2D eigenvalue weighted by Gasteiger charge is 2.28. The van der Waals surface area contributed by atoms with Crippen LogP contribution < -0.4 is 10.6 Å². The summed E-state index contributed by atoms with van der Waals surface area (Å²) in [5.74, 6) is -0.320. The van der Waals surface area contributed by atoms with Crippen LogP contribution in [0, 0.1) is 13.8 Å². The molecule has 1 saturated carbocycles. The van der Waals surface area contributed by atoms with E-state index in [4.69, 9.17) is 0 Å². The van der Waals surface area contributed by atoms with Crippen LogP contribution >= 0.6 is 11.8 Å². The lowest BCUT2D eigenvalue weighted by Crippen LogP contribution is -2.35. The van der Waals surface area contributed by atoms with E-state index in [0.29, 0.717) is 16.9 Å². The molecule has 1 aromatic carbocycles. The monoisotopic (exact) mass is 346 g/mol. The van der Waals surface area contributed by atoms with Gasteiger partial charge in [-0.25, -0.2) is 9.48 Å². The van der Waals surface area contributed by atoms with Gasteiger partial charge in [0.2, 0.25) is 11.1 Å². The SMILES string of the molecule is Cc1ccc(NC(=O)NC(=O)CSc2nnnn2C2CC2)cc1C. The minimum Gasteiger partial charge on any atom is -0.308 e. The average molecular weight is 346 g/mol. The second-order valence-corrected chi connectivity index (χ2v) is 6.67. The number of carbonyl (C=O) groups is 2. The number of thioether (sulfide) groups is 1. The fraction of sp³-hybridized carbons (Fsp3) is 0.400. The van der Waals surface area contributed by atoms with Crippen LogP contribution in [0.5, 0.6) is 0 Å². The Morgan fingerprint density at radius 2 is 2.08 bits per heavy atom. The van der Waals surface area contributed by atoms with E-state index in [1.807, 2.05) is 26.0 Å². The second-order valence-electron chi connectivity index (χ2n) is 5.73. The molecule has 2 aromatic rings. The fourth-order valence-electron chi connectivity index (χ4n) is 2.10. The van der Waals surface area contributed by atoms with Crippen molar-refractivity contribution in [3.05, 3.63) is 29.3 Å². The van der Waals surface area contributed by atoms with Crippen molar-refractivity contribution in [3.63, 3.8) is 0 Å². The molecule has 1 fully saturated rings. The molecule has 0 bridgehead atoms. The lowest BCUT2D eigenvalue weighted by atomic mass is 10.1. The van der Waals surface area contributed by atoms with E-state index in [1.165, 1.54) is 11.8 Å². The number of rotatable bonds is 5. The molecule has 0 saturated heterocycles. The quantitative estimate of drug-likeness (QED) is 0.804. The number of anilines is 1. The Morgan fingerprint density at radius 3 is 2.79 bits per heavy atom. The van der Waals surface area contributed by atoms with E-state index in [2.05, 4.69) is 26.2 Å². The zero-order chi connectivity index (χ0) is 17.1. The molecule has 1 aliphatic rings. The number of hydrogen-bond acceptors (Lipinski definition) is 6. The third-order valence-electron chi connectivity index (χ3n) is 3.71. The molecule has 8 nitrogen and oxygen atoms in total. The number of aromatic nitrogens is 4. The predicted octanol–water partition coefficient (Wildman–Crippen LogP) is 2.07. The third-order valence-corrected chi connectivity index (χ3v) is 4.64. The Kier molecular flexibility index (Phi) is 4.79. The van der Waals surface area contributed by atoms with Crippen LogP contribution in [-0.2, 0) is 4.79 Å². The number of urea groups is 1. The first kappa shape index (κ1) is 16.4. The van der Waals surface area contributed by atoms with Gasteiger partial charge in [-0.15, -0.1) is 5.10 Å². The molecule has 1 aliphatic carbocycles. The number of hydrogen-bond donors (Lipinski definition) is 2. The number of carbonyl (C=O) groups excluding carboxylic acids is 2. The number of nitrogens with one attached hydrogen (secondary N) is 2. The maximum Gasteiger partial charge on any atom is 0.325 e. The lowest BCUT2D eigenvalue weighted by Gasteiger charge is -2.08. The Hall–Kier alpha value is -2.42. The fourth-order valence-corrected chi connectivity index (χ4v) is 2.85. The largest absolute Gasteiger partial charge is 0.325 e. The van der Waals surface area contributed by atoms with Gasteiger partial charge in [0.15, 0.2) is 0 Å². The first-order chi connectivity index (χ1) is 11.5. The summed E-state index contributed by atoms with van der Waals surface area (Å²) in [6.07, 6.45) is 2.12. The summed E-state index contributed by atoms with van der Waals surface area (Å²) in [7, 11) is 0. The molecule has 126 valence electrons. The lowest BCUT2D eigenvalue weighted by molar-refractivity contribution is -0.117. The van der Waals surface area contributed by atoms with Crippen LogP contribution in [0.3, 0.4) is 0 Å². The zero-order valence-corrected chi connectivity index (χ0v) is 14.3. The number of benzene rings is 1. The van der Waals surface area contributed by atoms with Gasteiger partial charge in [-0.2, -0.15) is 0 Å². The number of imide groups is 1. The molecule has 0 unspecified atom stereocenters. The number of amides is 3. The number of tetrazole rings is 1. The normalized spacial score (nSPS) is 13.6. The Bertz CT molecular complexity index is 771. The topological polar surface area (TPSA) is 102 Å². The molecule has 0 aliphatic heterocycles. The van der Waals surface area contributed by atoms with Crippen molar-refractivity contribution < 1.29 is 9.59 Å². The maximum atomic E-state index is 11.9. The molecule has 3 rings (SSSR count). The van der Waals surface area contributed by atoms with Crippen molar-refractivity contribution >= 4 is 29.4 Å². The summed E-state index contributed by atoms with van der Waals surface area (Å²) >= 11 is 1.22. The van der Waals surface area contributed by atoms with Crippen LogP contribution in [0.25, 0.3) is 0 Å². The third kappa shape index (κ3) is 4.10. The zero-order valence-electron chi connectivity index (χ0n) is 13.4. The molecule has 2 N–H and O–H groups in total. The van der Waals surface area contributed by atoms with Gasteiger partial charge in [0.1, 0.15) is 0 Å². The molecular formula is C15H18N6O2S. The second kappa shape index (κ2) is 7.00. The van der Waals surface area contributed by atoms with E-state index >= 15 is 0 Å². The van der Waals surface area contributed by atoms with Crippen molar-refractivity contribution in [1.82, 2.24) is 25.5 Å². The Labute approximate surface area is 143 Å². The van der Waals surface area contributed by atoms with Gasteiger partial charge in [-0.1, -0.05) is 17.8 Å². The summed E-state index contributed by atoms with van der Waals surface area (Å²) in [5.41, 5.74) is 2.86. The van der Waals surface area contributed by atoms with Gasteiger partial charge in [0.25, 0.3) is 0 Å². The van der Waals surface area contributed by atoms with Crippen molar-refractivity contribution in [2.24, 2.45) is 0 Å². The summed E-state index contributed by atoms with van der Waals surface area (Å²) in [6, 6.07) is 5.37. The van der Waals surface area contributed by atoms with Crippen LogP contribution in [-0.4, -0.2) is 37.9 Å². The van der Waals surface area contributed by atoms with E-state index < -0.39 is 11.9 Å². The molecule has 9 heteroatoms. The highest BCUT2D eigenvalue weighted by Crippen LogP contribution is 2.36. The van der Waals surface area contributed by atoms with Crippen LogP contribution in [0.1, 0.15) is 30.0 Å². The molecule has 0 atom stereocenters. The first-order valence-corrected chi connectivity index (χ1v) is 8.60. The molecule has 3 amide bonds. The van der Waals surface area contributed by atoms with Crippen molar-refractivity contribution in [1.29, 1.82) is 0 Å². The molecule has 24 heavy (non-hydrogen) atoms. The summed E-state index contributed by atoms with van der Waals surface area (Å²) in [5, 5.41) is 17.0. The van der Waals surface area contributed by atoms with Crippen LogP contribution in [0.2, 0.25) is 0 Å². The summed E-state index contributed by atoms with van der Waals surface area (Å²) in [6.45, 7) is 3.96. The van der Waals surface area contributed by atoms with Gasteiger partial charge < -0.3 is 5.32 Å². The van der Waals surface area contributed by atoms with Crippen LogP contribution in [0.15, 0.2) is 23.4 Å². The number of aryl methyl sites for hydroxylation is 2. The minimum absolute atomic E-state index is 0.0768. The van der Waals surface area contributed by atoms with Gasteiger partial charge >= 0.3 is 6.03 Å².